The van der Waals surface area contributed by atoms with Crippen LogP contribution in [0.4, 0.5) is 5.69 Å². The van der Waals surface area contributed by atoms with E-state index >= 15 is 0 Å². The van der Waals surface area contributed by atoms with E-state index in [2.05, 4.69) is 4.99 Å². The molecule has 1 aromatic carbocycles. The summed E-state index contributed by atoms with van der Waals surface area (Å²) in [5.41, 5.74) is 10.5. The summed E-state index contributed by atoms with van der Waals surface area (Å²) in [6, 6.07) is 4.40. The van der Waals surface area contributed by atoms with Gasteiger partial charge in [-0.25, -0.2) is 4.99 Å². The fraction of sp³-hybridized carbons (Fsp3) is 0.125. The molecule has 0 saturated heterocycles. The van der Waals surface area contributed by atoms with Gasteiger partial charge in [-0.2, -0.15) is 0 Å². The van der Waals surface area contributed by atoms with Crippen LogP contribution >= 0.6 is 11.6 Å². The zero-order valence-corrected chi connectivity index (χ0v) is 8.44. The van der Waals surface area contributed by atoms with E-state index in [-0.39, 0.29) is 23.2 Å². The van der Waals surface area contributed by atoms with Gasteiger partial charge in [0.2, 0.25) is 0 Å². The Morgan fingerprint density at radius 3 is 2.73 bits per heavy atom. The van der Waals surface area contributed by atoms with E-state index in [0.717, 1.165) is 0 Å². The van der Waals surface area contributed by atoms with E-state index in [9.17, 15) is 10.1 Å². The Balaban J connectivity index is 3.13. The molecule has 0 atom stereocenters. The van der Waals surface area contributed by atoms with Crippen molar-refractivity contribution in [2.24, 2.45) is 16.5 Å². The number of hydrogen-bond donors (Lipinski definition) is 2. The maximum Gasteiger partial charge on any atom is 0.275 e. The molecule has 1 rings (SSSR count). The molecule has 0 aromatic heterocycles. The molecule has 0 radical (unpaired) electrons. The number of benzene rings is 1. The van der Waals surface area contributed by atoms with Crippen LogP contribution in [0.1, 0.15) is 5.56 Å². The third kappa shape index (κ3) is 2.81. The number of nitrogens with two attached hydrogens (primary N) is 2. The number of aliphatic imine (C=N–C) groups is 1. The van der Waals surface area contributed by atoms with Crippen molar-refractivity contribution in [2.45, 2.75) is 6.54 Å². The normalized spacial score (nSPS) is 9.67. The fourth-order valence-corrected chi connectivity index (χ4v) is 1.27. The molecule has 7 heteroatoms. The predicted octanol–water partition coefficient (Wildman–Crippen LogP) is 1.02. The van der Waals surface area contributed by atoms with E-state index < -0.39 is 4.92 Å². The van der Waals surface area contributed by atoms with E-state index in [1.807, 2.05) is 0 Å². The van der Waals surface area contributed by atoms with E-state index in [1.54, 1.807) is 6.07 Å². The smallest absolute Gasteiger partial charge is 0.275 e. The molecule has 15 heavy (non-hydrogen) atoms. The summed E-state index contributed by atoms with van der Waals surface area (Å²) in [6.07, 6.45) is 0. The van der Waals surface area contributed by atoms with Crippen molar-refractivity contribution in [2.75, 3.05) is 0 Å². The summed E-state index contributed by atoms with van der Waals surface area (Å²) in [5, 5.41) is 10.9. The van der Waals surface area contributed by atoms with Crippen LogP contribution in [0.5, 0.6) is 0 Å². The molecule has 1 aromatic rings. The summed E-state index contributed by atoms with van der Waals surface area (Å²) in [7, 11) is 0. The largest absolute Gasteiger partial charge is 0.370 e. The maximum atomic E-state index is 10.7. The van der Waals surface area contributed by atoms with E-state index in [0.29, 0.717) is 5.56 Å². The second kappa shape index (κ2) is 4.61. The third-order valence-electron chi connectivity index (χ3n) is 1.71. The van der Waals surface area contributed by atoms with Crippen LogP contribution in [0, 0.1) is 10.1 Å². The molecule has 0 unspecified atom stereocenters. The van der Waals surface area contributed by atoms with Gasteiger partial charge in [-0.1, -0.05) is 17.7 Å². The molecule has 0 heterocycles. The van der Waals surface area contributed by atoms with Crippen LogP contribution in [-0.4, -0.2) is 10.9 Å². The second-order valence-corrected chi connectivity index (χ2v) is 3.14. The van der Waals surface area contributed by atoms with Gasteiger partial charge < -0.3 is 11.5 Å². The molecule has 0 aliphatic heterocycles. The number of nitro benzene ring substituents is 1. The van der Waals surface area contributed by atoms with Gasteiger partial charge in [0.15, 0.2) is 5.96 Å². The Labute approximate surface area is 90.7 Å². The highest BCUT2D eigenvalue weighted by atomic mass is 35.5. The quantitative estimate of drug-likeness (QED) is 0.348. The first-order valence-corrected chi connectivity index (χ1v) is 4.37. The summed E-state index contributed by atoms with van der Waals surface area (Å²) in [5.74, 6) is -0.135. The third-order valence-corrected chi connectivity index (χ3v) is 2.06. The Bertz CT molecular complexity index is 415. The molecule has 0 spiro atoms. The molecule has 0 fully saturated rings. The van der Waals surface area contributed by atoms with Crippen LogP contribution in [-0.2, 0) is 6.54 Å². The first-order valence-electron chi connectivity index (χ1n) is 3.99. The second-order valence-electron chi connectivity index (χ2n) is 2.74. The highest BCUT2D eigenvalue weighted by molar-refractivity contribution is 6.31. The van der Waals surface area contributed by atoms with Crippen molar-refractivity contribution in [1.82, 2.24) is 0 Å². The van der Waals surface area contributed by atoms with Gasteiger partial charge in [-0.15, -0.1) is 0 Å². The predicted molar refractivity (Wildman–Crippen MR) is 57.6 cm³/mol. The van der Waals surface area contributed by atoms with Gasteiger partial charge in [0.1, 0.15) is 0 Å². The average Bonchev–Trinajstić information content (AvgIpc) is 2.15. The lowest BCUT2D eigenvalue weighted by Crippen LogP contribution is -2.22. The minimum absolute atomic E-state index is 0.00167. The summed E-state index contributed by atoms with van der Waals surface area (Å²) in [6.45, 7) is -0.00167. The Hall–Kier alpha value is -1.82. The number of nitro groups is 1. The molecule has 0 aliphatic carbocycles. The van der Waals surface area contributed by atoms with E-state index in [4.69, 9.17) is 23.1 Å². The minimum atomic E-state index is -0.524. The number of hydrogen-bond acceptors (Lipinski definition) is 3. The lowest BCUT2D eigenvalue weighted by Gasteiger charge is -2.02. The highest BCUT2D eigenvalue weighted by Gasteiger charge is 2.15. The van der Waals surface area contributed by atoms with Gasteiger partial charge in [-0.3, -0.25) is 10.1 Å². The van der Waals surface area contributed by atoms with Crippen molar-refractivity contribution in [3.63, 3.8) is 0 Å². The summed E-state index contributed by atoms with van der Waals surface area (Å²) >= 11 is 5.80. The molecule has 80 valence electrons. The Morgan fingerprint density at radius 1 is 1.53 bits per heavy atom. The van der Waals surface area contributed by atoms with Gasteiger partial charge in [-0.05, 0) is 6.07 Å². The molecule has 0 amide bonds. The van der Waals surface area contributed by atoms with Crippen LogP contribution in [0.25, 0.3) is 0 Å². The Kier molecular flexibility index (Phi) is 3.46. The SMILES string of the molecule is NC(N)=NCc1c(Cl)cccc1[N+](=O)[O-]. The number of guanidine groups is 1. The molecular weight excluding hydrogens is 220 g/mol. The minimum Gasteiger partial charge on any atom is -0.370 e. The van der Waals surface area contributed by atoms with Crippen molar-refractivity contribution in [1.29, 1.82) is 0 Å². The van der Waals surface area contributed by atoms with Crippen molar-refractivity contribution in [3.8, 4) is 0 Å². The van der Waals surface area contributed by atoms with Gasteiger partial charge >= 0.3 is 0 Å². The molecule has 0 saturated carbocycles. The van der Waals surface area contributed by atoms with E-state index in [1.165, 1.54) is 12.1 Å². The van der Waals surface area contributed by atoms with Crippen LogP contribution in [0.3, 0.4) is 0 Å². The molecule has 0 bridgehead atoms. The fourth-order valence-electron chi connectivity index (χ4n) is 1.05. The highest BCUT2D eigenvalue weighted by Crippen LogP contribution is 2.26. The number of rotatable bonds is 3. The van der Waals surface area contributed by atoms with Gasteiger partial charge in [0.05, 0.1) is 22.1 Å². The number of halogens is 1. The zero-order valence-electron chi connectivity index (χ0n) is 7.68. The molecule has 4 N–H and O–H groups in total. The first-order chi connectivity index (χ1) is 7.02. The Morgan fingerprint density at radius 2 is 2.20 bits per heavy atom. The summed E-state index contributed by atoms with van der Waals surface area (Å²) in [4.78, 5) is 13.8. The topological polar surface area (TPSA) is 108 Å². The van der Waals surface area contributed by atoms with Gasteiger partial charge in [0, 0.05) is 6.07 Å². The van der Waals surface area contributed by atoms with Crippen molar-refractivity contribution >= 4 is 23.2 Å². The average molecular weight is 229 g/mol. The van der Waals surface area contributed by atoms with Crippen molar-refractivity contribution < 1.29 is 4.92 Å². The van der Waals surface area contributed by atoms with Crippen LogP contribution < -0.4 is 11.5 Å². The lowest BCUT2D eigenvalue weighted by atomic mass is 10.2. The lowest BCUT2D eigenvalue weighted by molar-refractivity contribution is -0.385. The monoisotopic (exact) mass is 228 g/mol. The van der Waals surface area contributed by atoms with Crippen LogP contribution in [0.2, 0.25) is 5.02 Å². The molecule has 6 nitrogen and oxygen atoms in total. The van der Waals surface area contributed by atoms with Crippen molar-refractivity contribution in [3.05, 3.63) is 38.9 Å². The first kappa shape index (κ1) is 11.3. The summed E-state index contributed by atoms with van der Waals surface area (Å²) < 4.78 is 0. The molecular formula is C8H9ClN4O2. The molecule has 0 aliphatic rings. The van der Waals surface area contributed by atoms with Gasteiger partial charge in [0.25, 0.3) is 5.69 Å². The number of nitrogens with zero attached hydrogens (tertiary/aromatic N) is 2. The standard InChI is InChI=1S/C8H9ClN4O2/c9-6-2-1-3-7(13(14)15)5(6)4-12-8(10)11/h1-3H,4H2,(H4,10,11,12). The maximum absolute atomic E-state index is 10.7. The zero-order chi connectivity index (χ0) is 11.4. The van der Waals surface area contributed by atoms with Crippen LogP contribution in [0.15, 0.2) is 23.2 Å².